The Morgan fingerprint density at radius 1 is 1.11 bits per heavy atom. The Bertz CT molecular complexity index is 360. The van der Waals surface area contributed by atoms with Crippen LogP contribution in [0.4, 0.5) is 22.0 Å². The van der Waals surface area contributed by atoms with Crippen molar-refractivity contribution >= 4 is 17.5 Å². The van der Waals surface area contributed by atoms with Crippen LogP contribution in [0.5, 0.6) is 0 Å². The van der Waals surface area contributed by atoms with Crippen molar-refractivity contribution in [2.75, 3.05) is 6.61 Å². The number of alkyl halides is 5. The normalized spacial score (nSPS) is 13.9. The number of ketones is 2. The van der Waals surface area contributed by atoms with Gasteiger partial charge in [-0.05, 0) is 13.8 Å². The maximum atomic E-state index is 12.7. The van der Waals surface area contributed by atoms with E-state index >= 15 is 0 Å². The van der Waals surface area contributed by atoms with Crippen LogP contribution < -0.4 is 0 Å². The van der Waals surface area contributed by atoms with Gasteiger partial charge in [0.25, 0.3) is 0 Å². The van der Waals surface area contributed by atoms with Crippen LogP contribution in [0, 0.1) is 5.92 Å². The summed E-state index contributed by atoms with van der Waals surface area (Å²) in [5.74, 6) is -14.6. The molecule has 0 aromatic rings. The summed E-state index contributed by atoms with van der Waals surface area (Å²) in [4.78, 5) is 32.9. The average Bonchev–Trinajstić information content (AvgIpc) is 2.15. The van der Waals surface area contributed by atoms with Crippen molar-refractivity contribution in [2.45, 2.75) is 25.9 Å². The third-order valence-electron chi connectivity index (χ3n) is 1.86. The van der Waals surface area contributed by atoms with Crippen molar-refractivity contribution in [3.05, 3.63) is 0 Å². The first-order valence-corrected chi connectivity index (χ1v) is 4.62. The number of rotatable bonds is 5. The van der Waals surface area contributed by atoms with Crippen LogP contribution in [0.25, 0.3) is 0 Å². The predicted molar refractivity (Wildman–Crippen MR) is 46.8 cm³/mol. The van der Waals surface area contributed by atoms with Gasteiger partial charge in [0, 0.05) is 0 Å². The lowest BCUT2D eigenvalue weighted by atomic mass is 9.95. The Morgan fingerprint density at radius 3 is 1.83 bits per heavy atom. The van der Waals surface area contributed by atoms with Crippen molar-refractivity contribution in [2.24, 2.45) is 5.92 Å². The van der Waals surface area contributed by atoms with Gasteiger partial charge in [0.1, 0.15) is 0 Å². The van der Waals surface area contributed by atoms with Gasteiger partial charge in [0.05, 0.1) is 6.61 Å². The number of halogens is 5. The first-order valence-electron chi connectivity index (χ1n) is 4.62. The van der Waals surface area contributed by atoms with E-state index in [9.17, 15) is 36.3 Å². The Kier molecular flexibility index (Phi) is 4.94. The molecule has 9 heteroatoms. The Balaban J connectivity index is 5.36. The van der Waals surface area contributed by atoms with Gasteiger partial charge < -0.3 is 4.74 Å². The van der Waals surface area contributed by atoms with E-state index in [2.05, 4.69) is 4.74 Å². The molecule has 0 spiro atoms. The molecule has 0 rings (SSSR count). The molecule has 0 aromatic carbocycles. The van der Waals surface area contributed by atoms with E-state index in [0.29, 0.717) is 6.92 Å². The van der Waals surface area contributed by atoms with E-state index in [4.69, 9.17) is 0 Å². The summed E-state index contributed by atoms with van der Waals surface area (Å²) in [7, 11) is 0. The molecule has 0 aliphatic heterocycles. The monoisotopic (exact) mass is 276 g/mol. The van der Waals surface area contributed by atoms with Gasteiger partial charge in [0.2, 0.25) is 5.78 Å². The summed E-state index contributed by atoms with van der Waals surface area (Å²) in [6.45, 7) is 1.42. The molecular weight excluding hydrogens is 267 g/mol. The molecular formula is C9H9F5O4. The Morgan fingerprint density at radius 2 is 1.56 bits per heavy atom. The molecule has 4 nitrogen and oxygen atoms in total. The number of hydrogen-bond acceptors (Lipinski definition) is 4. The molecule has 1 unspecified atom stereocenters. The summed E-state index contributed by atoms with van der Waals surface area (Å²) in [5, 5.41) is 0. The molecule has 0 amide bonds. The largest absolute Gasteiger partial charge is 0.465 e. The van der Waals surface area contributed by atoms with Gasteiger partial charge in [-0.3, -0.25) is 14.4 Å². The maximum Gasteiger partial charge on any atom is 0.461 e. The van der Waals surface area contributed by atoms with Crippen LogP contribution in [0.1, 0.15) is 13.8 Å². The number of carbonyl (C=O) groups is 3. The number of esters is 1. The summed E-state index contributed by atoms with van der Waals surface area (Å²) in [6.07, 6.45) is -6.18. The summed E-state index contributed by atoms with van der Waals surface area (Å²) in [6, 6.07) is 0. The van der Waals surface area contributed by atoms with E-state index in [-0.39, 0.29) is 6.61 Å². The van der Waals surface area contributed by atoms with Crippen LogP contribution in [0.3, 0.4) is 0 Å². The predicted octanol–water partition coefficient (Wildman–Crippen LogP) is 1.52. The van der Waals surface area contributed by atoms with E-state index in [1.165, 1.54) is 6.92 Å². The molecule has 0 radical (unpaired) electrons. The third kappa shape index (κ3) is 3.23. The van der Waals surface area contributed by atoms with Gasteiger partial charge in [-0.1, -0.05) is 0 Å². The highest BCUT2D eigenvalue weighted by molar-refractivity contribution is 6.18. The molecule has 104 valence electrons. The Hall–Kier alpha value is -1.54. The molecule has 0 heterocycles. The first-order chi connectivity index (χ1) is 7.96. The molecule has 0 saturated heterocycles. The van der Waals surface area contributed by atoms with Crippen LogP contribution in [-0.2, 0) is 19.1 Å². The fraction of sp³-hybridized carbons (Fsp3) is 0.667. The van der Waals surface area contributed by atoms with Crippen molar-refractivity contribution in [1.29, 1.82) is 0 Å². The van der Waals surface area contributed by atoms with Crippen LogP contribution >= 0.6 is 0 Å². The maximum absolute atomic E-state index is 12.7. The lowest BCUT2D eigenvalue weighted by molar-refractivity contribution is -0.270. The van der Waals surface area contributed by atoms with Crippen LogP contribution in [0.2, 0.25) is 0 Å². The number of Topliss-reactive ketones (excluding diaryl/α,β-unsaturated/α-hetero) is 2. The zero-order chi connectivity index (χ0) is 14.7. The summed E-state index contributed by atoms with van der Waals surface area (Å²) in [5.41, 5.74) is 0. The third-order valence-corrected chi connectivity index (χ3v) is 1.86. The molecule has 0 fully saturated rings. The van der Waals surface area contributed by atoms with Gasteiger partial charge >= 0.3 is 18.1 Å². The van der Waals surface area contributed by atoms with Gasteiger partial charge in [-0.15, -0.1) is 0 Å². The molecule has 0 aromatic heterocycles. The van der Waals surface area contributed by atoms with Crippen molar-refractivity contribution in [3.63, 3.8) is 0 Å². The number of carbonyl (C=O) groups excluding carboxylic acids is 3. The molecule has 1 atom stereocenters. The Labute approximate surface area is 98.1 Å². The summed E-state index contributed by atoms with van der Waals surface area (Å²) >= 11 is 0. The molecule has 0 bridgehead atoms. The van der Waals surface area contributed by atoms with Crippen molar-refractivity contribution in [3.8, 4) is 0 Å². The van der Waals surface area contributed by atoms with E-state index < -0.39 is 35.6 Å². The van der Waals surface area contributed by atoms with Crippen LogP contribution in [-0.4, -0.2) is 36.2 Å². The second kappa shape index (κ2) is 5.40. The van der Waals surface area contributed by atoms with Crippen LogP contribution in [0.15, 0.2) is 0 Å². The van der Waals surface area contributed by atoms with E-state index in [1.807, 2.05) is 0 Å². The van der Waals surface area contributed by atoms with E-state index in [0.717, 1.165) is 0 Å². The van der Waals surface area contributed by atoms with Gasteiger partial charge in [-0.2, -0.15) is 22.0 Å². The molecule has 18 heavy (non-hydrogen) atoms. The minimum absolute atomic E-state index is 0.368. The fourth-order valence-electron chi connectivity index (χ4n) is 1.00. The lowest BCUT2D eigenvalue weighted by Gasteiger charge is -2.21. The molecule has 0 aliphatic carbocycles. The van der Waals surface area contributed by atoms with Crippen molar-refractivity contribution in [1.82, 2.24) is 0 Å². The average molecular weight is 276 g/mol. The standard InChI is InChI=1S/C9H9F5O4/c1-3-18-7(17)5(4(2)15)6(16)8(10,11)9(12,13)14/h5H,3H2,1-2H3. The minimum atomic E-state index is -6.18. The highest BCUT2D eigenvalue weighted by Crippen LogP contribution is 2.38. The zero-order valence-electron chi connectivity index (χ0n) is 9.31. The first kappa shape index (κ1) is 16.5. The minimum Gasteiger partial charge on any atom is -0.465 e. The van der Waals surface area contributed by atoms with E-state index in [1.54, 1.807) is 0 Å². The SMILES string of the molecule is CCOC(=O)C(C(C)=O)C(=O)C(F)(F)C(F)(F)F. The second-order valence-corrected chi connectivity index (χ2v) is 3.23. The van der Waals surface area contributed by atoms with Crippen molar-refractivity contribution < 1.29 is 41.1 Å². The molecule has 0 N–H and O–H groups in total. The second-order valence-electron chi connectivity index (χ2n) is 3.23. The lowest BCUT2D eigenvalue weighted by Crippen LogP contribution is -2.50. The molecule has 0 aliphatic rings. The van der Waals surface area contributed by atoms with Gasteiger partial charge in [-0.25, -0.2) is 0 Å². The fourth-order valence-corrected chi connectivity index (χ4v) is 1.00. The zero-order valence-corrected chi connectivity index (χ0v) is 9.31. The summed E-state index contributed by atoms with van der Waals surface area (Å²) < 4.78 is 65.3. The number of ether oxygens (including phenoxy) is 1. The van der Waals surface area contributed by atoms with Gasteiger partial charge in [0.15, 0.2) is 11.7 Å². The smallest absolute Gasteiger partial charge is 0.461 e. The highest BCUT2D eigenvalue weighted by Gasteiger charge is 2.66. The number of hydrogen-bond donors (Lipinski definition) is 0. The molecule has 0 saturated carbocycles. The highest BCUT2D eigenvalue weighted by atomic mass is 19.4. The topological polar surface area (TPSA) is 60.4 Å². The quantitative estimate of drug-likeness (QED) is 0.434.